The number of carbonyl (C=O) groups is 1. The van der Waals surface area contributed by atoms with Gasteiger partial charge >= 0.3 is 24.8 Å². The first-order chi connectivity index (χ1) is 46.6. The Morgan fingerprint density at radius 3 is 1.12 bits per heavy atom. The van der Waals surface area contributed by atoms with Crippen LogP contribution in [0, 0.1) is 0 Å². The number of alkyl halides is 3. The summed E-state index contributed by atoms with van der Waals surface area (Å²) in [5, 5.41) is 10.9. The number of carbonyl (C=O) groups excluding carboxylic acids is 1. The molecule has 21 heteroatoms. The Morgan fingerprint density at radius 1 is 0.423 bits per heavy atom. The third kappa shape index (κ3) is 21.0. The normalized spacial score (nSPS) is 13.1. The number of para-hydroxylation sites is 1. The molecule has 1 amide bonds. The second kappa shape index (κ2) is 36.8. The maximum absolute atomic E-state index is 12.1. The average Bonchev–Trinajstić information content (AvgIpc) is 1.72. The molecule has 0 saturated carbocycles. The first-order valence-electron chi connectivity index (χ1n) is 31.1. The number of fused-ring (bicyclic) bond motifs is 10. The molecule has 0 saturated heterocycles. The van der Waals surface area contributed by atoms with E-state index >= 15 is 0 Å². The zero-order valence-electron chi connectivity index (χ0n) is 53.0. The van der Waals surface area contributed by atoms with Gasteiger partial charge in [0.2, 0.25) is 5.91 Å². The summed E-state index contributed by atoms with van der Waals surface area (Å²) in [5.41, 5.74) is 24.7. The van der Waals surface area contributed by atoms with E-state index in [0.29, 0.717) is 5.02 Å². The first kappa shape index (κ1) is 76.5. The van der Waals surface area contributed by atoms with Crippen molar-refractivity contribution in [3.8, 4) is 0 Å². The first-order valence-corrected chi connectivity index (χ1v) is 37.8. The number of aryl methyl sites for hydroxylation is 10. The van der Waals surface area contributed by atoms with Crippen LogP contribution in [-0.2, 0) is 69.0 Å². The van der Waals surface area contributed by atoms with Crippen LogP contribution in [0.15, 0.2) is 210 Å². The molecular weight excluding hydrogens is 1660 g/mol. The van der Waals surface area contributed by atoms with Crippen molar-refractivity contribution in [2.75, 3.05) is 38.9 Å². The summed E-state index contributed by atoms with van der Waals surface area (Å²) in [6.07, 6.45) is 10.1. The molecule has 2 N–H and O–H groups in total. The Morgan fingerprint density at radius 2 is 0.680 bits per heavy atom. The molecule has 5 aliphatic rings. The van der Waals surface area contributed by atoms with Gasteiger partial charge in [0.1, 0.15) is 0 Å². The van der Waals surface area contributed by atoms with Crippen LogP contribution in [0.1, 0.15) is 69.5 Å². The van der Waals surface area contributed by atoms with Crippen LogP contribution in [0.2, 0.25) is 25.1 Å². The van der Waals surface area contributed by atoms with Crippen molar-refractivity contribution in [2.24, 2.45) is 4.30 Å². The maximum atomic E-state index is 12.1. The molecule has 15 rings (SSSR count). The summed E-state index contributed by atoms with van der Waals surface area (Å²) < 4.78 is 6.38. The van der Waals surface area contributed by atoms with E-state index in [0.717, 1.165) is 131 Å². The van der Waals surface area contributed by atoms with E-state index in [2.05, 4.69) is 250 Å². The van der Waals surface area contributed by atoms with Gasteiger partial charge in [0.25, 0.3) is 0 Å². The number of hydrogen-bond acceptors (Lipinski definition) is 7. The van der Waals surface area contributed by atoms with Crippen LogP contribution in [0.5, 0.6) is 0 Å². The molecule has 7 nitrogen and oxygen atoms in total. The van der Waals surface area contributed by atoms with Gasteiger partial charge in [0.15, 0.2) is 4.30 Å². The number of halogens is 12. The molecule has 0 bridgehead atoms. The molecule has 10 aromatic carbocycles. The van der Waals surface area contributed by atoms with Crippen molar-refractivity contribution in [3.63, 3.8) is 0 Å². The molecular formula is C76H66BBr4Cl8N6OS. The Labute approximate surface area is 650 Å². The number of amides is 1. The van der Waals surface area contributed by atoms with Gasteiger partial charge in [-0.25, -0.2) is 0 Å². The molecule has 0 aromatic heterocycles. The summed E-state index contributed by atoms with van der Waals surface area (Å²) in [5.74, 6) is 0.0130. The van der Waals surface area contributed by atoms with Gasteiger partial charge in [-0.05, 0) is 297 Å². The molecule has 0 aliphatic carbocycles. The number of hydrogen-bond donors (Lipinski definition) is 3. The average molecular weight is 1730 g/mol. The Balaban J connectivity index is 0.000000139. The van der Waals surface area contributed by atoms with Crippen molar-refractivity contribution < 1.29 is 4.79 Å². The van der Waals surface area contributed by atoms with Crippen LogP contribution in [-0.4, -0.2) is 31.4 Å². The molecule has 0 spiro atoms. The monoisotopic (exact) mass is 1720 g/mol. The predicted molar refractivity (Wildman–Crippen MR) is 436 cm³/mol. The third-order valence-corrected chi connectivity index (χ3v) is 19.9. The number of nitrogens with zero attached hydrogens (tertiary/aromatic N) is 4. The molecule has 0 atom stereocenters. The molecule has 499 valence electrons. The van der Waals surface area contributed by atoms with Crippen molar-refractivity contribution in [1.82, 2.24) is 0 Å². The summed E-state index contributed by atoms with van der Waals surface area (Å²) in [4.78, 5) is 18.5. The van der Waals surface area contributed by atoms with E-state index in [1.165, 1.54) is 89.9 Å². The van der Waals surface area contributed by atoms with Gasteiger partial charge in [-0.15, -0.1) is 0 Å². The van der Waals surface area contributed by atoms with Crippen molar-refractivity contribution in [1.29, 1.82) is 0 Å². The SMILES string of the molecule is CC(=O)N1c2ccc(Cl)cc2CCc2cc(Br)ccc21.CCN1c2ccc(Cl)cc2CCc2cc(Br)ccc21.CN1c2ccc(Cl)cc2CCc2cc(Br)ccc21.ClC(Cl)Cl.Clc1ccc2c(c1)CCc1cc(Br)ccc1N2.Clc1ccc2c(c1)CCc1ccccc1N2.[B]=NS. The number of rotatable bonds is 1. The second-order valence-corrected chi connectivity index (χ2v) is 31.0. The van der Waals surface area contributed by atoms with E-state index < -0.39 is 4.30 Å². The van der Waals surface area contributed by atoms with Gasteiger partial charge in [-0.3, -0.25) is 9.69 Å². The summed E-state index contributed by atoms with van der Waals surface area (Å²) in [7, 11) is 6.45. The van der Waals surface area contributed by atoms with Gasteiger partial charge in [-0.1, -0.05) is 175 Å². The Hall–Kier alpha value is -4.68. The van der Waals surface area contributed by atoms with Gasteiger partial charge in [0.05, 0.1) is 11.4 Å². The van der Waals surface area contributed by atoms with Crippen molar-refractivity contribution in [2.45, 2.75) is 82.4 Å². The van der Waals surface area contributed by atoms with E-state index in [1.54, 1.807) is 11.8 Å². The van der Waals surface area contributed by atoms with E-state index in [1.807, 2.05) is 60.7 Å². The van der Waals surface area contributed by atoms with Gasteiger partial charge < -0.3 is 20.4 Å². The molecule has 97 heavy (non-hydrogen) atoms. The third-order valence-electron chi connectivity index (χ3n) is 16.7. The zero-order valence-corrected chi connectivity index (χ0v) is 66.3. The molecule has 0 fully saturated rings. The minimum atomic E-state index is -0.750. The van der Waals surface area contributed by atoms with Crippen molar-refractivity contribution >= 4 is 240 Å². The van der Waals surface area contributed by atoms with Crippen LogP contribution in [0.3, 0.4) is 0 Å². The van der Waals surface area contributed by atoms with Gasteiger partial charge in [0, 0.05) is 109 Å². The van der Waals surface area contributed by atoms with Gasteiger partial charge in [-0.2, -0.15) is 0 Å². The Kier molecular flexibility index (Phi) is 29.0. The number of thiol groups is 1. The number of anilines is 10. The van der Waals surface area contributed by atoms with E-state index in [9.17, 15) is 4.79 Å². The van der Waals surface area contributed by atoms with Crippen LogP contribution in [0.4, 0.5) is 56.9 Å². The molecule has 5 heterocycles. The number of benzene rings is 10. The summed E-state index contributed by atoms with van der Waals surface area (Å²) >= 11 is 62.1. The van der Waals surface area contributed by atoms with Crippen molar-refractivity contribution in [3.05, 3.63) is 287 Å². The molecule has 1 radical (unpaired) electrons. The number of nitrogens with one attached hydrogen (secondary N) is 2. The van der Waals surface area contributed by atoms with Crippen LogP contribution >= 0.6 is 169 Å². The summed E-state index contributed by atoms with van der Waals surface area (Å²) in [6.45, 7) is 4.74. The van der Waals surface area contributed by atoms with Crippen LogP contribution in [0.25, 0.3) is 0 Å². The minimum absolute atomic E-state index is 0.0130. The quantitative estimate of drug-likeness (QED) is 0.0868. The second-order valence-electron chi connectivity index (χ2n) is 23.0. The summed E-state index contributed by atoms with van der Waals surface area (Å²) in [6, 6.07) is 64.0. The predicted octanol–water partition coefficient (Wildman–Crippen LogP) is 26.5. The topological polar surface area (TPSA) is 63.2 Å². The van der Waals surface area contributed by atoms with E-state index in [-0.39, 0.29) is 5.91 Å². The fourth-order valence-corrected chi connectivity index (χ4v) is 15.0. The van der Waals surface area contributed by atoms with E-state index in [4.69, 9.17) is 92.8 Å². The zero-order chi connectivity index (χ0) is 69.4. The molecule has 0 unspecified atom stereocenters. The molecule has 10 aromatic rings. The molecule has 5 aliphatic heterocycles. The fourth-order valence-electron chi connectivity index (χ4n) is 12.4. The fraction of sp³-hybridized carbons (Fsp3) is 0.197. The Bertz CT molecular complexity index is 4240. The van der Waals surface area contributed by atoms with Crippen LogP contribution < -0.4 is 25.3 Å². The standard InChI is InChI=1S/C16H13BrClNO.C16H15BrClN.C15H13BrClN.C14H11BrClN.C14H12ClN.CHCl3.BHNS/c1-10(20)19-15-6-4-13(17)8-11(15)2-3-12-9-14(18)5-7-16(12)19;1-2-19-15-7-5-13(17)9-11(15)3-4-12-10-14(18)6-8-16(12)19;1-18-14-6-4-12(16)8-10(14)2-3-11-9-13(17)5-7-15(11)18;15-11-3-5-13-9(7-11)1-2-10-8-12(16)4-6-14(10)17-13;15-12-7-8-14-11(9-12)6-5-10-3-1-2-4-13(10)16-14;2-1(3)4;1-2-3/h4-9H,2-3H2,1H3;5-10H,2-4H2,1H3;4-9H,2-3H2,1H3;3-8,17H,1-2H2;1-4,7-9,16H,5-6H2;1H;3H.